The number of hydrogen-bond donors (Lipinski definition) is 1. The molecule has 112 valence electrons. The van der Waals surface area contributed by atoms with E-state index in [1.54, 1.807) is 18.9 Å². The molecule has 1 fully saturated rings. The van der Waals surface area contributed by atoms with E-state index in [-0.39, 0.29) is 12.1 Å². The Bertz CT molecular complexity index is 590. The molecule has 2 heterocycles. The summed E-state index contributed by atoms with van der Waals surface area (Å²) in [6.45, 7) is 0.826. The van der Waals surface area contributed by atoms with Crippen LogP contribution < -0.4 is 5.32 Å². The first kappa shape index (κ1) is 15.0. The number of ether oxygens (including phenoxy) is 1. The number of nitrogens with one attached hydrogen (secondary N) is 1. The van der Waals surface area contributed by atoms with Crippen LogP contribution in [0.2, 0.25) is 0 Å². The van der Waals surface area contributed by atoms with Crippen molar-refractivity contribution in [3.8, 4) is 0 Å². The van der Waals surface area contributed by atoms with E-state index in [0.29, 0.717) is 11.6 Å². The van der Waals surface area contributed by atoms with Crippen molar-refractivity contribution in [1.29, 1.82) is 0 Å². The van der Waals surface area contributed by atoms with Crippen LogP contribution in [0.4, 0.5) is 0 Å². The molecule has 2 aromatic rings. The molecule has 0 bridgehead atoms. The molecule has 1 saturated heterocycles. The van der Waals surface area contributed by atoms with Gasteiger partial charge in [-0.1, -0.05) is 21.1 Å². The maximum absolute atomic E-state index is 5.35. The molecule has 0 spiro atoms. The molecule has 0 saturated carbocycles. The van der Waals surface area contributed by atoms with Gasteiger partial charge in [-0.2, -0.15) is 4.98 Å². The fraction of sp³-hybridized carbons (Fsp3) is 0.429. The van der Waals surface area contributed by atoms with E-state index in [1.165, 1.54) is 4.90 Å². The van der Waals surface area contributed by atoms with E-state index in [9.17, 15) is 0 Å². The quantitative estimate of drug-likeness (QED) is 0.816. The number of methoxy groups -OCH3 is 1. The van der Waals surface area contributed by atoms with Crippen LogP contribution in [0.1, 0.15) is 24.2 Å². The average molecular weight is 370 g/mol. The molecule has 3 rings (SSSR count). The molecule has 21 heavy (non-hydrogen) atoms. The maximum Gasteiger partial charge on any atom is 0.243 e. The lowest BCUT2D eigenvalue weighted by Crippen LogP contribution is -2.16. The van der Waals surface area contributed by atoms with Gasteiger partial charge >= 0.3 is 0 Å². The van der Waals surface area contributed by atoms with Crippen molar-refractivity contribution in [1.82, 2.24) is 15.5 Å². The van der Waals surface area contributed by atoms with Crippen molar-refractivity contribution in [2.75, 3.05) is 13.7 Å². The molecule has 1 aromatic carbocycles. The van der Waals surface area contributed by atoms with E-state index in [4.69, 9.17) is 9.26 Å². The summed E-state index contributed by atoms with van der Waals surface area (Å²) in [6.07, 6.45) is 1.10. The number of benzene rings is 1. The molecule has 2 unspecified atom stereocenters. The van der Waals surface area contributed by atoms with Crippen LogP contribution in [0.3, 0.4) is 0 Å². The van der Waals surface area contributed by atoms with Gasteiger partial charge in [0.2, 0.25) is 5.89 Å². The van der Waals surface area contributed by atoms with Crippen molar-refractivity contribution >= 4 is 27.7 Å². The molecule has 7 heteroatoms. The van der Waals surface area contributed by atoms with Gasteiger partial charge in [-0.3, -0.25) is 0 Å². The third-order valence-electron chi connectivity index (χ3n) is 3.39. The lowest BCUT2D eigenvalue weighted by atomic mass is 10.2. The Morgan fingerprint density at radius 1 is 1.43 bits per heavy atom. The fourth-order valence-electron chi connectivity index (χ4n) is 2.22. The van der Waals surface area contributed by atoms with Gasteiger partial charge in [-0.25, -0.2) is 0 Å². The Kier molecular flexibility index (Phi) is 4.95. The zero-order valence-corrected chi connectivity index (χ0v) is 14.0. The molecule has 2 atom stereocenters. The predicted octanol–water partition coefficient (Wildman–Crippen LogP) is 3.17. The number of hydrogen-bond acceptors (Lipinski definition) is 6. The smallest absolute Gasteiger partial charge is 0.243 e. The van der Waals surface area contributed by atoms with Crippen LogP contribution in [-0.2, 0) is 10.5 Å². The largest absolute Gasteiger partial charge is 0.380 e. The highest BCUT2D eigenvalue weighted by Gasteiger charge is 2.29. The summed E-state index contributed by atoms with van der Waals surface area (Å²) in [6, 6.07) is 8.29. The monoisotopic (exact) mass is 369 g/mol. The SMILES string of the molecule is COC1CNC(c2nc(CSc3ccc(Br)cc3)no2)C1. The minimum absolute atomic E-state index is 0.105. The van der Waals surface area contributed by atoms with Gasteiger partial charge in [0.15, 0.2) is 5.82 Å². The Morgan fingerprint density at radius 2 is 2.24 bits per heavy atom. The van der Waals surface area contributed by atoms with Crippen molar-refractivity contribution < 1.29 is 9.26 Å². The van der Waals surface area contributed by atoms with Crippen molar-refractivity contribution in [2.45, 2.75) is 29.2 Å². The summed E-state index contributed by atoms with van der Waals surface area (Å²) >= 11 is 5.12. The van der Waals surface area contributed by atoms with Gasteiger partial charge in [0, 0.05) is 23.0 Å². The normalized spacial score (nSPS) is 21.8. The minimum Gasteiger partial charge on any atom is -0.380 e. The summed E-state index contributed by atoms with van der Waals surface area (Å²) in [7, 11) is 1.73. The highest BCUT2D eigenvalue weighted by atomic mass is 79.9. The molecule has 1 aromatic heterocycles. The van der Waals surface area contributed by atoms with Crippen molar-refractivity contribution in [3.63, 3.8) is 0 Å². The van der Waals surface area contributed by atoms with Crippen LogP contribution in [0.15, 0.2) is 38.2 Å². The first-order valence-corrected chi connectivity index (χ1v) is 8.49. The van der Waals surface area contributed by atoms with Crippen LogP contribution >= 0.6 is 27.7 Å². The van der Waals surface area contributed by atoms with E-state index in [0.717, 1.165) is 23.3 Å². The maximum atomic E-state index is 5.35. The Hall–Kier alpha value is -0.890. The molecule has 5 nitrogen and oxygen atoms in total. The number of aromatic nitrogens is 2. The van der Waals surface area contributed by atoms with Crippen LogP contribution in [0.5, 0.6) is 0 Å². The summed E-state index contributed by atoms with van der Waals surface area (Å²) in [5.74, 6) is 2.08. The summed E-state index contributed by atoms with van der Waals surface area (Å²) in [4.78, 5) is 5.65. The van der Waals surface area contributed by atoms with E-state index < -0.39 is 0 Å². The van der Waals surface area contributed by atoms with Gasteiger partial charge in [0.05, 0.1) is 17.9 Å². The Labute approximate surface area is 136 Å². The first-order valence-electron chi connectivity index (χ1n) is 6.71. The average Bonchev–Trinajstić information content (AvgIpc) is 3.15. The molecule has 0 aliphatic carbocycles. The van der Waals surface area contributed by atoms with Gasteiger partial charge in [-0.15, -0.1) is 11.8 Å². The van der Waals surface area contributed by atoms with E-state index in [1.807, 2.05) is 12.1 Å². The second-order valence-electron chi connectivity index (χ2n) is 4.85. The third-order valence-corrected chi connectivity index (χ3v) is 4.92. The van der Waals surface area contributed by atoms with E-state index in [2.05, 4.69) is 43.5 Å². The summed E-state index contributed by atoms with van der Waals surface area (Å²) < 4.78 is 11.8. The predicted molar refractivity (Wildman–Crippen MR) is 84.2 cm³/mol. The molecule has 1 aliphatic rings. The van der Waals surface area contributed by atoms with Crippen molar-refractivity contribution in [2.24, 2.45) is 0 Å². The lowest BCUT2D eigenvalue weighted by molar-refractivity contribution is 0.116. The zero-order valence-electron chi connectivity index (χ0n) is 11.6. The fourth-order valence-corrected chi connectivity index (χ4v) is 3.22. The minimum atomic E-state index is 0.105. The van der Waals surface area contributed by atoms with Gasteiger partial charge in [-0.05, 0) is 30.7 Å². The van der Waals surface area contributed by atoms with Crippen molar-refractivity contribution in [3.05, 3.63) is 40.5 Å². The summed E-state index contributed by atoms with van der Waals surface area (Å²) in [5.41, 5.74) is 0. The van der Waals surface area contributed by atoms with Crippen LogP contribution in [0, 0.1) is 0 Å². The standard InChI is InChI=1S/C14H16BrN3O2S/c1-19-10-6-12(16-7-10)14-17-13(18-20-14)8-21-11-4-2-9(15)3-5-11/h2-5,10,12,16H,6-8H2,1H3. The van der Waals surface area contributed by atoms with Crippen LogP contribution in [-0.4, -0.2) is 29.9 Å². The van der Waals surface area contributed by atoms with Gasteiger partial charge in [0.1, 0.15) is 0 Å². The topological polar surface area (TPSA) is 60.2 Å². The zero-order chi connectivity index (χ0) is 14.7. The second kappa shape index (κ2) is 6.91. The van der Waals surface area contributed by atoms with Gasteiger partial charge in [0.25, 0.3) is 0 Å². The van der Waals surface area contributed by atoms with E-state index >= 15 is 0 Å². The second-order valence-corrected chi connectivity index (χ2v) is 6.81. The number of nitrogens with zero attached hydrogens (tertiary/aromatic N) is 2. The summed E-state index contributed by atoms with van der Waals surface area (Å²) in [5, 5.41) is 7.38. The highest BCUT2D eigenvalue weighted by molar-refractivity contribution is 9.10. The molecular formula is C14H16BrN3O2S. The number of halogens is 1. The number of thioether (sulfide) groups is 1. The first-order chi connectivity index (χ1) is 10.2. The third kappa shape index (κ3) is 3.85. The van der Waals surface area contributed by atoms with Crippen LogP contribution in [0.25, 0.3) is 0 Å². The molecule has 1 aliphatic heterocycles. The Morgan fingerprint density at radius 3 is 2.95 bits per heavy atom. The lowest BCUT2D eigenvalue weighted by Gasteiger charge is -2.04. The molecular weight excluding hydrogens is 354 g/mol. The highest BCUT2D eigenvalue weighted by Crippen LogP contribution is 2.26. The van der Waals surface area contributed by atoms with Gasteiger partial charge < -0.3 is 14.6 Å². The molecule has 0 amide bonds. The Balaban J connectivity index is 1.57. The molecule has 1 N–H and O–H groups in total. The molecule has 0 radical (unpaired) electrons. The number of rotatable bonds is 5.